The van der Waals surface area contributed by atoms with E-state index in [1.54, 1.807) is 4.90 Å². The molecule has 0 N–H and O–H groups in total. The van der Waals surface area contributed by atoms with E-state index < -0.39 is 5.60 Å². The molecule has 3 rings (SSSR count). The number of piperidine rings is 1. The second-order valence-corrected chi connectivity index (χ2v) is 6.84. The summed E-state index contributed by atoms with van der Waals surface area (Å²) in [5, 5.41) is 0. The number of amides is 1. The van der Waals surface area contributed by atoms with E-state index in [1.807, 2.05) is 39.0 Å². The summed E-state index contributed by atoms with van der Waals surface area (Å²) in [6.07, 6.45) is 0.912. The molecule has 1 amide bonds. The van der Waals surface area contributed by atoms with E-state index in [4.69, 9.17) is 4.74 Å². The molecule has 2 unspecified atom stereocenters. The number of fused-ring (bicyclic) bond motifs is 4. The summed E-state index contributed by atoms with van der Waals surface area (Å²) in [5.74, 6) is 0.101. The highest BCUT2D eigenvalue weighted by molar-refractivity contribution is 5.96. The molecule has 4 nitrogen and oxygen atoms in total. The Labute approximate surface area is 125 Å². The fourth-order valence-corrected chi connectivity index (χ4v) is 3.28. The first-order chi connectivity index (χ1) is 9.87. The van der Waals surface area contributed by atoms with Crippen molar-refractivity contribution in [3.8, 4) is 0 Å². The minimum absolute atomic E-state index is 0.0568. The predicted octanol–water partition coefficient (Wildman–Crippen LogP) is 2.90. The van der Waals surface area contributed by atoms with Gasteiger partial charge in [-0.1, -0.05) is 24.3 Å². The van der Waals surface area contributed by atoms with Gasteiger partial charge in [0.1, 0.15) is 5.60 Å². The first-order valence-electron chi connectivity index (χ1n) is 7.48. The Morgan fingerprint density at radius 1 is 1.29 bits per heavy atom. The first kappa shape index (κ1) is 14.1. The van der Waals surface area contributed by atoms with Crippen LogP contribution >= 0.6 is 0 Å². The van der Waals surface area contributed by atoms with Crippen molar-refractivity contribution >= 4 is 11.9 Å². The number of likely N-dealkylation sites (tertiary alicyclic amines) is 1. The van der Waals surface area contributed by atoms with Gasteiger partial charge in [0.25, 0.3) is 0 Å². The van der Waals surface area contributed by atoms with Crippen molar-refractivity contribution in [1.29, 1.82) is 0 Å². The van der Waals surface area contributed by atoms with Crippen molar-refractivity contribution in [1.82, 2.24) is 4.90 Å². The van der Waals surface area contributed by atoms with Crippen molar-refractivity contribution in [2.75, 3.05) is 6.54 Å². The van der Waals surface area contributed by atoms with Gasteiger partial charge in [-0.05, 0) is 38.3 Å². The molecule has 4 heteroatoms. The van der Waals surface area contributed by atoms with Gasteiger partial charge in [-0.2, -0.15) is 0 Å². The molecule has 0 saturated carbocycles. The number of rotatable bonds is 0. The Morgan fingerprint density at radius 2 is 2.00 bits per heavy atom. The molecule has 2 atom stereocenters. The van der Waals surface area contributed by atoms with Gasteiger partial charge in [0, 0.05) is 18.9 Å². The number of ether oxygens (including phenoxy) is 1. The summed E-state index contributed by atoms with van der Waals surface area (Å²) in [6.45, 7) is 6.12. The molecule has 1 heterocycles. The number of carbonyl (C=O) groups is 2. The average Bonchev–Trinajstić information content (AvgIpc) is 2.37. The molecule has 1 saturated heterocycles. The third-order valence-corrected chi connectivity index (χ3v) is 4.18. The summed E-state index contributed by atoms with van der Waals surface area (Å²) in [5.41, 5.74) is 1.78. The molecule has 112 valence electrons. The molecule has 2 aliphatic rings. The molecule has 1 aliphatic heterocycles. The Morgan fingerprint density at radius 3 is 2.71 bits per heavy atom. The lowest BCUT2D eigenvalue weighted by Crippen LogP contribution is -2.55. The van der Waals surface area contributed by atoms with E-state index in [0.29, 0.717) is 19.4 Å². The van der Waals surface area contributed by atoms with Crippen molar-refractivity contribution in [3.63, 3.8) is 0 Å². The van der Waals surface area contributed by atoms with Crippen LogP contribution in [0.25, 0.3) is 0 Å². The zero-order chi connectivity index (χ0) is 15.2. The third kappa shape index (κ3) is 2.55. The second-order valence-electron chi connectivity index (χ2n) is 6.84. The average molecular weight is 287 g/mol. The zero-order valence-corrected chi connectivity index (χ0v) is 12.8. The Hall–Kier alpha value is -1.84. The number of nitrogens with zero attached hydrogens (tertiary/aromatic N) is 1. The standard InChI is InChI=1S/C17H21NO3/c1-17(2,3)21-16(20)18-9-8-13-12-7-5-4-6-11(12)10-14(18)15(13)19/h4-7,13-14H,8-10H2,1-3H3. The van der Waals surface area contributed by atoms with Crippen LogP contribution < -0.4 is 0 Å². The van der Waals surface area contributed by atoms with Crippen LogP contribution in [-0.4, -0.2) is 35.0 Å². The van der Waals surface area contributed by atoms with Gasteiger partial charge in [0.2, 0.25) is 0 Å². The van der Waals surface area contributed by atoms with Crippen LogP contribution in [0, 0.1) is 0 Å². The molecule has 21 heavy (non-hydrogen) atoms. The number of hydrogen-bond acceptors (Lipinski definition) is 3. The number of Topliss-reactive ketones (excluding diaryl/α,β-unsaturated/α-hetero) is 1. The lowest BCUT2D eigenvalue weighted by Gasteiger charge is -2.42. The molecule has 1 aromatic carbocycles. The summed E-state index contributed by atoms with van der Waals surface area (Å²) in [4.78, 5) is 26.5. The highest BCUT2D eigenvalue weighted by atomic mass is 16.6. The fourth-order valence-electron chi connectivity index (χ4n) is 3.28. The van der Waals surface area contributed by atoms with Crippen LogP contribution in [0.15, 0.2) is 24.3 Å². The quantitative estimate of drug-likeness (QED) is 0.737. The largest absolute Gasteiger partial charge is 0.444 e. The molecule has 0 radical (unpaired) electrons. The van der Waals surface area contributed by atoms with Crippen molar-refractivity contribution in [2.45, 2.75) is 51.2 Å². The van der Waals surface area contributed by atoms with Crippen LogP contribution in [0.1, 0.15) is 44.2 Å². The van der Waals surface area contributed by atoms with Gasteiger partial charge in [-0.3, -0.25) is 9.69 Å². The predicted molar refractivity (Wildman–Crippen MR) is 79.2 cm³/mol. The van der Waals surface area contributed by atoms with Gasteiger partial charge in [-0.25, -0.2) is 4.79 Å². The first-order valence-corrected chi connectivity index (χ1v) is 7.48. The fraction of sp³-hybridized carbons (Fsp3) is 0.529. The molecule has 1 aliphatic carbocycles. The Bertz CT molecular complexity index is 588. The maximum absolute atomic E-state index is 12.6. The van der Waals surface area contributed by atoms with E-state index in [2.05, 4.69) is 6.07 Å². The van der Waals surface area contributed by atoms with Gasteiger partial charge >= 0.3 is 6.09 Å². The molecule has 1 aromatic rings. The molecular formula is C17H21NO3. The number of hydrogen-bond donors (Lipinski definition) is 0. The van der Waals surface area contributed by atoms with Crippen molar-refractivity contribution < 1.29 is 14.3 Å². The Balaban J connectivity index is 1.87. The third-order valence-electron chi connectivity index (χ3n) is 4.18. The summed E-state index contributed by atoms with van der Waals surface area (Å²) >= 11 is 0. The smallest absolute Gasteiger partial charge is 0.410 e. The van der Waals surface area contributed by atoms with Gasteiger partial charge < -0.3 is 4.74 Å². The number of carbonyl (C=O) groups excluding carboxylic acids is 2. The summed E-state index contributed by atoms with van der Waals surface area (Å²) in [6, 6.07) is 7.69. The lowest BCUT2D eigenvalue weighted by atomic mass is 9.74. The zero-order valence-electron chi connectivity index (χ0n) is 12.8. The highest BCUT2D eigenvalue weighted by Gasteiger charge is 2.44. The molecule has 2 bridgehead atoms. The van der Waals surface area contributed by atoms with Crippen molar-refractivity contribution in [3.05, 3.63) is 35.4 Å². The van der Waals surface area contributed by atoms with Gasteiger partial charge in [0.05, 0.1) is 6.04 Å². The topological polar surface area (TPSA) is 46.6 Å². The maximum atomic E-state index is 12.6. The van der Waals surface area contributed by atoms with E-state index >= 15 is 0 Å². The molecule has 0 aromatic heterocycles. The molecular weight excluding hydrogens is 266 g/mol. The van der Waals surface area contributed by atoms with Crippen LogP contribution in [-0.2, 0) is 16.0 Å². The van der Waals surface area contributed by atoms with Crippen LogP contribution in [0.4, 0.5) is 4.79 Å². The van der Waals surface area contributed by atoms with Crippen LogP contribution in [0.3, 0.4) is 0 Å². The second kappa shape index (κ2) is 4.86. The van der Waals surface area contributed by atoms with Crippen molar-refractivity contribution in [2.24, 2.45) is 0 Å². The van der Waals surface area contributed by atoms with E-state index in [0.717, 1.165) is 5.56 Å². The van der Waals surface area contributed by atoms with Crippen LogP contribution in [0.2, 0.25) is 0 Å². The normalized spacial score (nSPS) is 24.5. The minimum Gasteiger partial charge on any atom is -0.444 e. The maximum Gasteiger partial charge on any atom is 0.410 e. The SMILES string of the molecule is CC(C)(C)OC(=O)N1CCC2C(=O)C1Cc1ccccc12. The van der Waals surface area contributed by atoms with E-state index in [9.17, 15) is 9.59 Å². The van der Waals surface area contributed by atoms with E-state index in [1.165, 1.54) is 5.56 Å². The summed E-state index contributed by atoms with van der Waals surface area (Å²) < 4.78 is 5.44. The number of ketones is 1. The van der Waals surface area contributed by atoms with Gasteiger partial charge in [0.15, 0.2) is 5.78 Å². The monoisotopic (exact) mass is 287 g/mol. The Kier molecular flexibility index (Phi) is 3.27. The van der Waals surface area contributed by atoms with Gasteiger partial charge in [-0.15, -0.1) is 0 Å². The van der Waals surface area contributed by atoms with E-state index in [-0.39, 0.29) is 23.8 Å². The highest BCUT2D eigenvalue weighted by Crippen LogP contribution is 2.37. The lowest BCUT2D eigenvalue weighted by molar-refractivity contribution is -0.129. The van der Waals surface area contributed by atoms with Crippen LogP contribution in [0.5, 0.6) is 0 Å². The number of benzene rings is 1. The summed E-state index contributed by atoms with van der Waals surface area (Å²) in [7, 11) is 0. The molecule has 0 spiro atoms. The minimum atomic E-state index is -0.538. The molecule has 1 fully saturated rings.